The van der Waals surface area contributed by atoms with Gasteiger partial charge in [0.15, 0.2) is 0 Å². The minimum atomic E-state index is -0.326. The number of ether oxygens (including phenoxy) is 1. The molecule has 1 heterocycles. The van der Waals surface area contributed by atoms with Crippen LogP contribution in [-0.4, -0.2) is 56.3 Å². The topological polar surface area (TPSA) is 85.9 Å². The van der Waals surface area contributed by atoms with Gasteiger partial charge >= 0.3 is 12.1 Å². The number of anilines is 3. The minimum absolute atomic E-state index is 0.0228. The van der Waals surface area contributed by atoms with Crippen LogP contribution in [0.4, 0.5) is 26.7 Å². The number of carbonyl (C=O) groups excluding carboxylic acids is 2. The number of nitrogens with one attached hydrogen (secondary N) is 3. The summed E-state index contributed by atoms with van der Waals surface area (Å²) in [5, 5.41) is 8.65. The first kappa shape index (κ1) is 23.2. The van der Waals surface area contributed by atoms with Crippen molar-refractivity contribution < 1.29 is 14.3 Å². The predicted molar refractivity (Wildman–Crippen MR) is 129 cm³/mol. The predicted octanol–water partition coefficient (Wildman–Crippen LogP) is 4.36. The van der Waals surface area contributed by atoms with Crippen LogP contribution in [-0.2, 0) is 0 Å². The highest BCUT2D eigenvalue weighted by Crippen LogP contribution is 2.24. The average Bonchev–Trinajstić information content (AvgIpc) is 2.81. The van der Waals surface area contributed by atoms with E-state index in [2.05, 4.69) is 27.8 Å². The van der Waals surface area contributed by atoms with Crippen molar-refractivity contribution in [3.8, 4) is 5.75 Å². The highest BCUT2D eigenvalue weighted by atomic mass is 16.5. The van der Waals surface area contributed by atoms with Crippen LogP contribution in [0.1, 0.15) is 26.7 Å². The second kappa shape index (κ2) is 11.8. The molecule has 3 rings (SSSR count). The van der Waals surface area contributed by atoms with Gasteiger partial charge in [-0.05, 0) is 49.7 Å². The molecular weight excluding hydrogens is 406 g/mol. The minimum Gasteiger partial charge on any atom is -0.492 e. The molecule has 172 valence electrons. The number of nitrogens with zero attached hydrogens (tertiary/aromatic N) is 2. The summed E-state index contributed by atoms with van der Waals surface area (Å²) in [5.41, 5.74) is 2.40. The Morgan fingerprint density at radius 3 is 2.34 bits per heavy atom. The van der Waals surface area contributed by atoms with Gasteiger partial charge in [-0.1, -0.05) is 25.5 Å². The third kappa shape index (κ3) is 6.54. The monoisotopic (exact) mass is 439 g/mol. The fraction of sp³-hybridized carbons (Fsp3) is 0.417. The van der Waals surface area contributed by atoms with Crippen LogP contribution in [0, 0.1) is 0 Å². The summed E-state index contributed by atoms with van der Waals surface area (Å²) in [6.45, 7) is 8.22. The van der Waals surface area contributed by atoms with E-state index < -0.39 is 0 Å². The number of piperazine rings is 1. The van der Waals surface area contributed by atoms with E-state index in [1.54, 1.807) is 6.07 Å². The summed E-state index contributed by atoms with van der Waals surface area (Å²) in [6, 6.07) is 14.8. The maximum Gasteiger partial charge on any atom is 0.323 e. The first-order valence-electron chi connectivity index (χ1n) is 11.3. The zero-order chi connectivity index (χ0) is 22.8. The largest absolute Gasteiger partial charge is 0.492 e. The maximum absolute atomic E-state index is 12.4. The number of benzene rings is 2. The normalized spacial score (nSPS) is 13.4. The van der Waals surface area contributed by atoms with Crippen LogP contribution in [0.5, 0.6) is 5.75 Å². The van der Waals surface area contributed by atoms with E-state index in [0.717, 1.165) is 38.2 Å². The molecule has 0 bridgehead atoms. The molecule has 0 aliphatic carbocycles. The Balaban J connectivity index is 1.48. The molecule has 0 unspecified atom stereocenters. The quantitative estimate of drug-likeness (QED) is 0.534. The van der Waals surface area contributed by atoms with E-state index in [-0.39, 0.29) is 12.1 Å². The second-order valence-electron chi connectivity index (χ2n) is 7.61. The number of hydrogen-bond donors (Lipinski definition) is 3. The zero-order valence-corrected chi connectivity index (χ0v) is 18.9. The molecule has 8 nitrogen and oxygen atoms in total. The van der Waals surface area contributed by atoms with Gasteiger partial charge in [0, 0.05) is 44.1 Å². The van der Waals surface area contributed by atoms with Gasteiger partial charge in [0.25, 0.3) is 0 Å². The lowest BCUT2D eigenvalue weighted by atomic mass is 10.2. The second-order valence-corrected chi connectivity index (χ2v) is 7.61. The zero-order valence-electron chi connectivity index (χ0n) is 18.9. The number of para-hydroxylation sites is 2. The molecule has 32 heavy (non-hydrogen) atoms. The number of unbranched alkanes of at least 4 members (excludes halogenated alkanes) is 1. The number of carbonyl (C=O) groups is 2. The van der Waals surface area contributed by atoms with E-state index in [0.29, 0.717) is 36.8 Å². The van der Waals surface area contributed by atoms with Crippen molar-refractivity contribution in [1.29, 1.82) is 0 Å². The third-order valence-electron chi connectivity index (χ3n) is 5.30. The summed E-state index contributed by atoms with van der Waals surface area (Å²) < 4.78 is 5.54. The van der Waals surface area contributed by atoms with Gasteiger partial charge in [-0.3, -0.25) is 0 Å². The Hall–Kier alpha value is -3.42. The maximum atomic E-state index is 12.4. The van der Waals surface area contributed by atoms with Crippen LogP contribution in [0.3, 0.4) is 0 Å². The van der Waals surface area contributed by atoms with Crippen molar-refractivity contribution in [2.45, 2.75) is 26.7 Å². The first-order valence-corrected chi connectivity index (χ1v) is 11.3. The van der Waals surface area contributed by atoms with Crippen LogP contribution < -0.4 is 25.6 Å². The van der Waals surface area contributed by atoms with Gasteiger partial charge in [-0.15, -0.1) is 0 Å². The highest BCUT2D eigenvalue weighted by molar-refractivity contribution is 6.00. The van der Waals surface area contributed by atoms with Gasteiger partial charge < -0.3 is 30.5 Å². The van der Waals surface area contributed by atoms with Crippen molar-refractivity contribution in [2.75, 3.05) is 54.9 Å². The van der Waals surface area contributed by atoms with Crippen LogP contribution >= 0.6 is 0 Å². The molecule has 0 radical (unpaired) electrons. The molecule has 3 N–H and O–H groups in total. The van der Waals surface area contributed by atoms with Crippen LogP contribution in [0.25, 0.3) is 0 Å². The van der Waals surface area contributed by atoms with Gasteiger partial charge in [0.05, 0.1) is 12.3 Å². The van der Waals surface area contributed by atoms with Crippen molar-refractivity contribution in [3.05, 3.63) is 48.5 Å². The average molecular weight is 440 g/mol. The number of urea groups is 2. The van der Waals surface area contributed by atoms with Gasteiger partial charge in [0.1, 0.15) is 5.75 Å². The lowest BCUT2D eigenvalue weighted by Crippen LogP contribution is -2.52. The molecule has 8 heteroatoms. The summed E-state index contributed by atoms with van der Waals surface area (Å²) in [5.74, 6) is 0.638. The van der Waals surface area contributed by atoms with E-state index >= 15 is 0 Å². The smallest absolute Gasteiger partial charge is 0.323 e. The molecule has 4 amide bonds. The summed E-state index contributed by atoms with van der Waals surface area (Å²) in [4.78, 5) is 28.7. The van der Waals surface area contributed by atoms with E-state index in [1.807, 2.05) is 54.3 Å². The van der Waals surface area contributed by atoms with Crippen LogP contribution in [0.15, 0.2) is 48.5 Å². The molecule has 2 aromatic rings. The molecule has 0 saturated carbocycles. The molecule has 1 aliphatic heterocycles. The van der Waals surface area contributed by atoms with E-state index in [1.165, 1.54) is 0 Å². The molecule has 1 fully saturated rings. The Bertz CT molecular complexity index is 879. The van der Waals surface area contributed by atoms with E-state index in [9.17, 15) is 9.59 Å². The Labute approximate surface area is 189 Å². The lowest BCUT2D eigenvalue weighted by Gasteiger charge is -2.36. The number of hydrogen-bond acceptors (Lipinski definition) is 4. The standard InChI is InChI=1S/C24H33N5O3/c1-3-5-14-25-24(31)29-17-15-28(16-18-29)20-12-10-19(11-13-20)26-23(30)27-21-8-6-7-9-22(21)32-4-2/h6-13H,3-5,14-18H2,1-2H3,(H,25,31)(H2,26,27,30). The Kier molecular flexibility index (Phi) is 8.60. The molecule has 2 aromatic carbocycles. The van der Waals surface area contributed by atoms with Gasteiger partial charge in [-0.2, -0.15) is 0 Å². The van der Waals surface area contributed by atoms with Gasteiger partial charge in [-0.25, -0.2) is 9.59 Å². The SMILES string of the molecule is CCCCNC(=O)N1CCN(c2ccc(NC(=O)Nc3ccccc3OCC)cc2)CC1. The number of amides is 4. The van der Waals surface area contributed by atoms with Crippen molar-refractivity contribution in [3.63, 3.8) is 0 Å². The molecular formula is C24H33N5O3. The number of rotatable bonds is 8. The van der Waals surface area contributed by atoms with E-state index in [4.69, 9.17) is 4.74 Å². The Morgan fingerprint density at radius 1 is 0.938 bits per heavy atom. The summed E-state index contributed by atoms with van der Waals surface area (Å²) in [6.07, 6.45) is 2.07. The highest BCUT2D eigenvalue weighted by Gasteiger charge is 2.21. The summed E-state index contributed by atoms with van der Waals surface area (Å²) in [7, 11) is 0. The molecule has 1 saturated heterocycles. The molecule has 0 atom stereocenters. The lowest BCUT2D eigenvalue weighted by molar-refractivity contribution is 0.194. The van der Waals surface area contributed by atoms with Gasteiger partial charge in [0.2, 0.25) is 0 Å². The fourth-order valence-electron chi connectivity index (χ4n) is 3.54. The van der Waals surface area contributed by atoms with Crippen molar-refractivity contribution in [1.82, 2.24) is 10.2 Å². The first-order chi connectivity index (χ1) is 15.6. The molecule has 1 aliphatic rings. The Morgan fingerprint density at radius 2 is 1.66 bits per heavy atom. The van der Waals surface area contributed by atoms with Crippen molar-refractivity contribution in [2.24, 2.45) is 0 Å². The summed E-state index contributed by atoms with van der Waals surface area (Å²) >= 11 is 0. The fourth-order valence-corrected chi connectivity index (χ4v) is 3.54. The molecule has 0 spiro atoms. The van der Waals surface area contributed by atoms with Crippen molar-refractivity contribution >= 4 is 29.1 Å². The van der Waals surface area contributed by atoms with Crippen LogP contribution in [0.2, 0.25) is 0 Å². The molecule has 0 aromatic heterocycles. The third-order valence-corrected chi connectivity index (χ3v) is 5.30.